The van der Waals surface area contributed by atoms with Crippen molar-refractivity contribution >= 4 is 56.5 Å². The highest BCUT2D eigenvalue weighted by Gasteiger charge is 2.35. The first-order valence-electron chi connectivity index (χ1n) is 11.0. The van der Waals surface area contributed by atoms with Gasteiger partial charge in [-0.05, 0) is 62.4 Å². The fourth-order valence-electron chi connectivity index (χ4n) is 3.34. The van der Waals surface area contributed by atoms with E-state index in [1.54, 1.807) is 13.8 Å². The Labute approximate surface area is 227 Å². The largest absolute Gasteiger partial charge is 0.462 e. The molecule has 3 aromatic rings. The molecule has 0 aliphatic rings. The predicted octanol–water partition coefficient (Wildman–Crippen LogP) is 6.33. The first-order chi connectivity index (χ1) is 17.7. The van der Waals surface area contributed by atoms with Gasteiger partial charge in [-0.2, -0.15) is 13.2 Å². The summed E-state index contributed by atoms with van der Waals surface area (Å²) in [4.78, 5) is 24.6. The zero-order valence-corrected chi connectivity index (χ0v) is 22.3. The molecule has 0 saturated heterocycles. The maximum absolute atomic E-state index is 13.5. The fourth-order valence-corrected chi connectivity index (χ4v) is 5.23. The first-order valence-corrected chi connectivity index (χ1v) is 13.2. The number of halogens is 5. The highest BCUT2D eigenvalue weighted by atomic mass is 35.5. The van der Waals surface area contributed by atoms with Gasteiger partial charge in [0, 0.05) is 5.69 Å². The van der Waals surface area contributed by atoms with E-state index in [0.29, 0.717) is 10.4 Å². The fraction of sp³-hybridized carbons (Fsp3) is 0.200. The Morgan fingerprint density at radius 3 is 2.21 bits per heavy atom. The highest BCUT2D eigenvalue weighted by Crippen LogP contribution is 2.38. The molecule has 1 N–H and O–H groups in total. The molecule has 0 bridgehead atoms. The van der Waals surface area contributed by atoms with E-state index >= 15 is 0 Å². The summed E-state index contributed by atoms with van der Waals surface area (Å²) in [6.45, 7) is 2.59. The topological polar surface area (TPSA) is 92.8 Å². The summed E-state index contributed by atoms with van der Waals surface area (Å²) in [5, 5.41) is 1.78. The monoisotopic (exact) mass is 588 g/mol. The Kier molecular flexibility index (Phi) is 8.96. The summed E-state index contributed by atoms with van der Waals surface area (Å²) in [6.07, 6.45) is -4.87. The third-order valence-electron chi connectivity index (χ3n) is 5.19. The van der Waals surface area contributed by atoms with E-state index in [0.717, 1.165) is 17.7 Å². The zero-order valence-electron chi connectivity index (χ0n) is 20.0. The Bertz CT molecular complexity index is 1460. The van der Waals surface area contributed by atoms with Crippen LogP contribution in [0.3, 0.4) is 0 Å². The molecule has 38 heavy (non-hydrogen) atoms. The summed E-state index contributed by atoms with van der Waals surface area (Å²) in [7, 11) is -4.49. The van der Waals surface area contributed by atoms with E-state index in [1.165, 1.54) is 42.5 Å². The van der Waals surface area contributed by atoms with Crippen molar-refractivity contribution in [3.63, 3.8) is 0 Å². The number of sulfonamides is 1. The van der Waals surface area contributed by atoms with Crippen LogP contribution in [-0.4, -0.2) is 33.4 Å². The minimum Gasteiger partial charge on any atom is -0.462 e. The van der Waals surface area contributed by atoms with Crippen LogP contribution >= 0.6 is 23.2 Å². The van der Waals surface area contributed by atoms with Crippen LogP contribution in [0.25, 0.3) is 0 Å². The molecule has 13 heteroatoms. The van der Waals surface area contributed by atoms with Crippen molar-refractivity contribution in [3.05, 3.63) is 87.4 Å². The van der Waals surface area contributed by atoms with Gasteiger partial charge in [0.05, 0.1) is 38.4 Å². The van der Waals surface area contributed by atoms with E-state index in [9.17, 15) is 31.2 Å². The number of anilines is 2. The number of rotatable bonds is 8. The van der Waals surface area contributed by atoms with E-state index in [2.05, 4.69) is 5.32 Å². The maximum atomic E-state index is 13.5. The van der Waals surface area contributed by atoms with Crippen LogP contribution in [-0.2, 0) is 25.7 Å². The van der Waals surface area contributed by atoms with Crippen LogP contribution in [0, 0.1) is 6.92 Å². The van der Waals surface area contributed by atoms with Gasteiger partial charge >= 0.3 is 12.1 Å². The number of benzene rings is 3. The van der Waals surface area contributed by atoms with Gasteiger partial charge in [0.15, 0.2) is 0 Å². The number of esters is 1. The average molecular weight is 589 g/mol. The number of aryl methyl sites for hydroxylation is 1. The van der Waals surface area contributed by atoms with Gasteiger partial charge < -0.3 is 10.1 Å². The van der Waals surface area contributed by atoms with Crippen molar-refractivity contribution < 1.29 is 35.9 Å². The molecule has 0 unspecified atom stereocenters. The molecular formula is C25H21Cl2F3N2O5S. The molecule has 3 aromatic carbocycles. The number of alkyl halides is 3. The number of carbonyl (C=O) groups is 2. The molecule has 0 aliphatic carbocycles. The Balaban J connectivity index is 1.98. The summed E-state index contributed by atoms with van der Waals surface area (Å²) < 4.78 is 72.9. The Hall–Kier alpha value is -3.28. The van der Waals surface area contributed by atoms with Crippen molar-refractivity contribution in [3.8, 4) is 0 Å². The van der Waals surface area contributed by atoms with Crippen LogP contribution in [0.2, 0.25) is 10.0 Å². The van der Waals surface area contributed by atoms with Crippen LogP contribution in [0.5, 0.6) is 0 Å². The van der Waals surface area contributed by atoms with Gasteiger partial charge in [-0.3, -0.25) is 9.10 Å². The molecule has 0 fully saturated rings. The van der Waals surface area contributed by atoms with Crippen LogP contribution in [0.4, 0.5) is 24.5 Å². The minimum atomic E-state index is -4.87. The van der Waals surface area contributed by atoms with Crippen molar-refractivity contribution in [2.75, 3.05) is 22.8 Å². The normalized spacial score (nSPS) is 11.7. The van der Waals surface area contributed by atoms with Gasteiger partial charge in [0.1, 0.15) is 6.54 Å². The lowest BCUT2D eigenvalue weighted by Crippen LogP contribution is -2.38. The number of carbonyl (C=O) groups excluding carboxylic acids is 2. The number of amides is 1. The van der Waals surface area contributed by atoms with Gasteiger partial charge in [-0.25, -0.2) is 13.2 Å². The maximum Gasteiger partial charge on any atom is 0.417 e. The predicted molar refractivity (Wildman–Crippen MR) is 138 cm³/mol. The van der Waals surface area contributed by atoms with Crippen molar-refractivity contribution in [2.24, 2.45) is 0 Å². The van der Waals surface area contributed by atoms with Crippen molar-refractivity contribution in [1.29, 1.82) is 0 Å². The average Bonchev–Trinajstić information content (AvgIpc) is 2.82. The standard InChI is InChI=1S/C25H21Cl2F3N2O5S/c1-3-37-24(34)19-10-6-16(12-22(19)27)31-23(33)14-32(38(35,36)18-8-4-15(2)5-9-18)17-7-11-21(26)20(13-17)25(28,29)30/h4-13H,3,14H2,1-2H3,(H,31,33). The molecule has 1 amide bonds. The lowest BCUT2D eigenvalue weighted by molar-refractivity contribution is -0.137. The van der Waals surface area contributed by atoms with Gasteiger partial charge in [-0.1, -0.05) is 40.9 Å². The Morgan fingerprint density at radius 1 is 0.974 bits per heavy atom. The second kappa shape index (κ2) is 11.6. The summed E-state index contributed by atoms with van der Waals surface area (Å²) >= 11 is 11.8. The molecular weight excluding hydrogens is 568 g/mol. The highest BCUT2D eigenvalue weighted by molar-refractivity contribution is 7.92. The van der Waals surface area contributed by atoms with Crippen LogP contribution in [0.15, 0.2) is 65.6 Å². The molecule has 0 spiro atoms. The third kappa shape index (κ3) is 6.77. The van der Waals surface area contributed by atoms with Gasteiger partial charge in [-0.15, -0.1) is 0 Å². The lowest BCUT2D eigenvalue weighted by atomic mass is 10.2. The molecule has 0 aromatic heterocycles. The molecule has 0 radical (unpaired) electrons. The molecule has 0 saturated carbocycles. The number of ether oxygens (including phenoxy) is 1. The molecule has 0 atom stereocenters. The van der Waals surface area contributed by atoms with Crippen LogP contribution < -0.4 is 9.62 Å². The van der Waals surface area contributed by atoms with Gasteiger partial charge in [0.2, 0.25) is 5.91 Å². The van der Waals surface area contributed by atoms with Crippen molar-refractivity contribution in [2.45, 2.75) is 24.9 Å². The number of nitrogens with zero attached hydrogens (tertiary/aromatic N) is 1. The lowest BCUT2D eigenvalue weighted by Gasteiger charge is -2.25. The molecule has 7 nitrogen and oxygen atoms in total. The number of hydrogen-bond acceptors (Lipinski definition) is 5. The molecule has 0 heterocycles. The first kappa shape index (κ1) is 29.3. The molecule has 202 valence electrons. The van der Waals surface area contributed by atoms with E-state index in [1.807, 2.05) is 0 Å². The molecule has 0 aliphatic heterocycles. The van der Waals surface area contributed by atoms with E-state index in [-0.39, 0.29) is 27.8 Å². The second-order valence-corrected chi connectivity index (χ2v) is 10.6. The number of hydrogen-bond donors (Lipinski definition) is 1. The quantitative estimate of drug-likeness (QED) is 0.310. The van der Waals surface area contributed by atoms with E-state index in [4.69, 9.17) is 27.9 Å². The minimum absolute atomic E-state index is 0.0297. The summed E-state index contributed by atoms with van der Waals surface area (Å²) in [5.74, 6) is -1.56. The smallest absolute Gasteiger partial charge is 0.417 e. The van der Waals surface area contributed by atoms with E-state index < -0.39 is 50.9 Å². The zero-order chi connectivity index (χ0) is 28.3. The SMILES string of the molecule is CCOC(=O)c1ccc(NC(=O)CN(c2ccc(Cl)c(C(F)(F)F)c2)S(=O)(=O)c2ccc(C)cc2)cc1Cl. The third-order valence-corrected chi connectivity index (χ3v) is 7.62. The summed E-state index contributed by atoms with van der Waals surface area (Å²) in [6, 6.07) is 12.0. The second-order valence-electron chi connectivity index (χ2n) is 7.95. The summed E-state index contributed by atoms with van der Waals surface area (Å²) in [5.41, 5.74) is -0.762. The van der Waals surface area contributed by atoms with Gasteiger partial charge in [0.25, 0.3) is 10.0 Å². The van der Waals surface area contributed by atoms with Crippen LogP contribution in [0.1, 0.15) is 28.4 Å². The Morgan fingerprint density at radius 2 is 1.63 bits per heavy atom. The van der Waals surface area contributed by atoms with Crippen molar-refractivity contribution in [1.82, 2.24) is 0 Å². The molecule has 3 rings (SSSR count). The number of nitrogens with one attached hydrogen (secondary N) is 1.